The van der Waals surface area contributed by atoms with E-state index in [1.54, 1.807) is 35.1 Å². The van der Waals surface area contributed by atoms with Crippen LogP contribution in [0.2, 0.25) is 5.02 Å². The molecule has 2 aromatic heterocycles. The quantitative estimate of drug-likeness (QED) is 0.304. The maximum Gasteiger partial charge on any atom is 0.314 e. The van der Waals surface area contributed by atoms with Gasteiger partial charge in [-0.2, -0.15) is 0 Å². The lowest BCUT2D eigenvalue weighted by molar-refractivity contribution is -0.160. The highest BCUT2D eigenvalue weighted by Gasteiger charge is 2.66. The Hall–Kier alpha value is -3.87. The number of carbonyl (C=O) groups is 1. The fraction of sp³-hybridized carbons (Fsp3) is 0.469. The van der Waals surface area contributed by atoms with E-state index in [2.05, 4.69) is 9.89 Å². The third-order valence-electron chi connectivity index (χ3n) is 8.68. The Morgan fingerprint density at radius 2 is 2.02 bits per heavy atom. The topological polar surface area (TPSA) is 134 Å². The van der Waals surface area contributed by atoms with Crippen LogP contribution < -0.4 is 16.2 Å². The van der Waals surface area contributed by atoms with Crippen molar-refractivity contribution < 1.29 is 23.4 Å². The molecule has 6 heterocycles. The van der Waals surface area contributed by atoms with E-state index in [4.69, 9.17) is 41.5 Å². The molecule has 11 nitrogen and oxygen atoms in total. The number of nitrogens with zero attached hydrogens (tertiary/aromatic N) is 5. The van der Waals surface area contributed by atoms with Gasteiger partial charge in [-0.05, 0) is 62.7 Å². The second-order valence-corrected chi connectivity index (χ2v) is 12.2. The van der Waals surface area contributed by atoms with Crippen LogP contribution in [-0.2, 0) is 32.0 Å². The molecule has 1 aliphatic carbocycles. The Balaban J connectivity index is 0.000000180. The van der Waals surface area contributed by atoms with Crippen molar-refractivity contribution in [2.75, 3.05) is 51.0 Å². The summed E-state index contributed by atoms with van der Waals surface area (Å²) in [5.41, 5.74) is 5.57. The molecule has 8 rings (SSSR count). The molecule has 3 saturated heterocycles. The molecule has 4 fully saturated rings. The summed E-state index contributed by atoms with van der Waals surface area (Å²) in [5, 5.41) is 0.773. The van der Waals surface area contributed by atoms with Crippen LogP contribution in [0.15, 0.2) is 46.3 Å². The summed E-state index contributed by atoms with van der Waals surface area (Å²) in [4.78, 5) is 40.6. The Morgan fingerprint density at radius 3 is 2.76 bits per heavy atom. The van der Waals surface area contributed by atoms with Crippen molar-refractivity contribution in [3.63, 3.8) is 0 Å². The van der Waals surface area contributed by atoms with E-state index < -0.39 is 11.2 Å². The Kier molecular flexibility index (Phi) is 8.89. The molecular formula is C32H36ClFN6O5. The number of aliphatic imine (C=N–C) groups is 1. The molecule has 4 aliphatic heterocycles. The number of fused-ring (bicyclic) bond motifs is 3. The van der Waals surface area contributed by atoms with Crippen molar-refractivity contribution in [2.45, 2.75) is 44.8 Å². The minimum atomic E-state index is -0.483. The first kappa shape index (κ1) is 31.1. The highest BCUT2D eigenvalue weighted by atomic mass is 35.5. The Labute approximate surface area is 264 Å². The van der Waals surface area contributed by atoms with Gasteiger partial charge in [-0.25, -0.2) is 14.4 Å². The molecule has 0 atom stereocenters. The molecule has 0 unspecified atom stereocenters. The molecule has 0 amide bonds. The first-order chi connectivity index (χ1) is 21.8. The van der Waals surface area contributed by atoms with Crippen LogP contribution in [0.25, 0.3) is 22.2 Å². The number of allylic oxidation sites excluding steroid dienone is 1. The first-order valence-electron chi connectivity index (χ1n) is 15.2. The number of halogens is 2. The van der Waals surface area contributed by atoms with Gasteiger partial charge in [-0.3, -0.25) is 19.1 Å². The summed E-state index contributed by atoms with van der Waals surface area (Å²) >= 11 is 5.93. The predicted molar refractivity (Wildman–Crippen MR) is 169 cm³/mol. The van der Waals surface area contributed by atoms with Crippen LogP contribution in [0.3, 0.4) is 0 Å². The van der Waals surface area contributed by atoms with Crippen LogP contribution in [-0.4, -0.2) is 78.4 Å². The standard InChI is InChI=1S/C20H18ClFN4O2.C12H18N2O3/c21-12-3-4-13(15(22)10-12)18-19-14(20(27)26-5-1-2-16(26)23-19)11-17(24-18)25-6-8-28-9-7-25;1-2-16-10(15)11-6-12(7-11,17-9-11)8-14-5-3-4-13/h3-4,10-11H,1-2,5-9H2;3-5H,2,6-9,13H2,1H3/b;4-3-,14-5?. The molecule has 2 N–H and O–H groups in total. The molecule has 45 heavy (non-hydrogen) atoms. The number of nitrogens with two attached hydrogens (primary N) is 1. The number of carbonyl (C=O) groups excluding carboxylic acids is 1. The van der Waals surface area contributed by atoms with Gasteiger partial charge in [0.1, 0.15) is 28.7 Å². The predicted octanol–water partition coefficient (Wildman–Crippen LogP) is 3.68. The summed E-state index contributed by atoms with van der Waals surface area (Å²) in [6.07, 6.45) is 7.82. The number of aromatic nitrogens is 3. The lowest BCUT2D eigenvalue weighted by atomic mass is 9.62. The molecule has 2 bridgehead atoms. The highest BCUT2D eigenvalue weighted by Crippen LogP contribution is 2.58. The van der Waals surface area contributed by atoms with Gasteiger partial charge in [-0.1, -0.05) is 11.6 Å². The number of morpholine rings is 1. The normalized spacial score (nSPS) is 23.7. The largest absolute Gasteiger partial charge is 0.465 e. The summed E-state index contributed by atoms with van der Waals surface area (Å²) in [6.45, 7) is 6.47. The van der Waals surface area contributed by atoms with E-state index >= 15 is 0 Å². The van der Waals surface area contributed by atoms with Gasteiger partial charge < -0.3 is 24.8 Å². The number of anilines is 1. The van der Waals surface area contributed by atoms with Gasteiger partial charge in [0.25, 0.3) is 5.56 Å². The number of esters is 1. The monoisotopic (exact) mass is 638 g/mol. The summed E-state index contributed by atoms with van der Waals surface area (Å²) < 4.78 is 32.6. The average Bonchev–Trinajstić information content (AvgIpc) is 3.75. The van der Waals surface area contributed by atoms with Gasteiger partial charge >= 0.3 is 5.97 Å². The van der Waals surface area contributed by atoms with Crippen molar-refractivity contribution in [3.05, 3.63) is 63.6 Å². The van der Waals surface area contributed by atoms with Crippen molar-refractivity contribution >= 4 is 40.5 Å². The van der Waals surface area contributed by atoms with Crippen molar-refractivity contribution in [1.29, 1.82) is 0 Å². The summed E-state index contributed by atoms with van der Waals surface area (Å²) in [5.74, 6) is 0.758. The number of rotatable bonds is 7. The van der Waals surface area contributed by atoms with E-state index in [0.29, 0.717) is 85.6 Å². The molecule has 1 aromatic carbocycles. The summed E-state index contributed by atoms with van der Waals surface area (Å²) in [7, 11) is 0. The van der Waals surface area contributed by atoms with Crippen molar-refractivity contribution in [2.24, 2.45) is 16.1 Å². The van der Waals surface area contributed by atoms with Crippen LogP contribution in [0.5, 0.6) is 0 Å². The van der Waals surface area contributed by atoms with E-state index in [9.17, 15) is 14.0 Å². The molecule has 0 radical (unpaired) electrons. The summed E-state index contributed by atoms with van der Waals surface area (Å²) in [6, 6.07) is 6.25. The van der Waals surface area contributed by atoms with Gasteiger partial charge in [0.05, 0.1) is 49.4 Å². The zero-order valence-electron chi connectivity index (χ0n) is 25.1. The molecule has 1 saturated carbocycles. The fourth-order valence-corrected chi connectivity index (χ4v) is 6.70. The van der Waals surface area contributed by atoms with Gasteiger partial charge in [-0.15, -0.1) is 0 Å². The maximum absolute atomic E-state index is 14.7. The zero-order valence-corrected chi connectivity index (χ0v) is 25.9. The molecule has 238 valence electrons. The van der Waals surface area contributed by atoms with Crippen LogP contribution in [0, 0.1) is 11.2 Å². The number of hydrogen-bond donors (Lipinski definition) is 1. The average molecular weight is 639 g/mol. The van der Waals surface area contributed by atoms with Crippen molar-refractivity contribution in [3.8, 4) is 11.3 Å². The minimum absolute atomic E-state index is 0.0926. The number of benzene rings is 1. The van der Waals surface area contributed by atoms with Crippen LogP contribution in [0.1, 0.15) is 32.0 Å². The smallest absolute Gasteiger partial charge is 0.314 e. The molecule has 0 spiro atoms. The van der Waals surface area contributed by atoms with E-state index in [1.807, 2.05) is 6.92 Å². The first-order valence-corrected chi connectivity index (χ1v) is 15.6. The number of hydrogen-bond acceptors (Lipinski definition) is 10. The second kappa shape index (κ2) is 12.9. The van der Waals surface area contributed by atoms with E-state index in [1.165, 1.54) is 12.3 Å². The molecule has 13 heteroatoms. The molecule has 3 aromatic rings. The third-order valence-corrected chi connectivity index (χ3v) is 8.91. The number of pyridine rings is 1. The van der Waals surface area contributed by atoms with Crippen LogP contribution in [0.4, 0.5) is 10.2 Å². The van der Waals surface area contributed by atoms with Crippen LogP contribution >= 0.6 is 11.6 Å². The second-order valence-electron chi connectivity index (χ2n) is 11.7. The third kappa shape index (κ3) is 6.06. The van der Waals surface area contributed by atoms with Gasteiger partial charge in [0.2, 0.25) is 0 Å². The van der Waals surface area contributed by atoms with E-state index in [0.717, 1.165) is 31.5 Å². The SMILES string of the molecule is CCOC(=O)C12COC(CN=C/C=C\N)(C1)C2.O=c1c2cc(N3CCOCC3)nc(-c3ccc(Cl)cc3F)c2nc2n1CCC2. The minimum Gasteiger partial charge on any atom is -0.465 e. The Bertz CT molecular complexity index is 1710. The molecular weight excluding hydrogens is 603 g/mol. The van der Waals surface area contributed by atoms with Gasteiger partial charge in [0.15, 0.2) is 0 Å². The van der Waals surface area contributed by atoms with Crippen molar-refractivity contribution in [1.82, 2.24) is 14.5 Å². The lowest BCUT2D eigenvalue weighted by Crippen LogP contribution is -2.51. The van der Waals surface area contributed by atoms with Gasteiger partial charge in [0, 0.05) is 42.9 Å². The Morgan fingerprint density at radius 1 is 1.22 bits per heavy atom. The zero-order chi connectivity index (χ0) is 31.6. The maximum atomic E-state index is 14.7. The number of ether oxygens (including phenoxy) is 3. The highest BCUT2D eigenvalue weighted by molar-refractivity contribution is 6.30. The lowest BCUT2D eigenvalue weighted by Gasteiger charge is -2.41. The molecule has 5 aliphatic rings. The number of aryl methyl sites for hydroxylation is 1. The van der Waals surface area contributed by atoms with E-state index in [-0.39, 0.29) is 17.1 Å². The fourth-order valence-electron chi connectivity index (χ4n) is 6.55.